The molecule has 3 heteroatoms. The average molecular weight is 255 g/mol. The summed E-state index contributed by atoms with van der Waals surface area (Å²) in [5.74, 6) is 0. The molecule has 0 spiro atoms. The van der Waals surface area contributed by atoms with Gasteiger partial charge in [0, 0.05) is 29.4 Å². The first kappa shape index (κ1) is 12.4. The molecule has 0 amide bonds. The molecule has 0 atom stereocenters. The highest BCUT2D eigenvalue weighted by Crippen LogP contribution is 2.22. The molecule has 1 aromatic carbocycles. The van der Waals surface area contributed by atoms with Gasteiger partial charge in [-0.1, -0.05) is 18.2 Å². The number of rotatable bonds is 6. The second kappa shape index (κ2) is 5.57. The smallest absolute Gasteiger partial charge is 0.0725 e. The highest BCUT2D eigenvalue weighted by atomic mass is 15.0. The van der Waals surface area contributed by atoms with Crippen LogP contribution in [0, 0.1) is 6.92 Å². The molecule has 0 saturated heterocycles. The summed E-state index contributed by atoms with van der Waals surface area (Å²) in [5.41, 5.74) is 3.34. The zero-order valence-corrected chi connectivity index (χ0v) is 11.4. The summed E-state index contributed by atoms with van der Waals surface area (Å²) in [6, 6.07) is 11.3. The number of para-hydroxylation sites is 1. The fourth-order valence-corrected chi connectivity index (χ4v) is 2.36. The van der Waals surface area contributed by atoms with Gasteiger partial charge in [0.1, 0.15) is 0 Å². The Kier molecular flexibility index (Phi) is 3.65. The van der Waals surface area contributed by atoms with E-state index in [0.29, 0.717) is 0 Å². The van der Waals surface area contributed by atoms with E-state index in [1.54, 1.807) is 0 Å². The number of benzene rings is 1. The van der Waals surface area contributed by atoms with Crippen molar-refractivity contribution in [2.24, 2.45) is 0 Å². The molecule has 3 rings (SSSR count). The van der Waals surface area contributed by atoms with Crippen LogP contribution in [0.4, 0.5) is 5.69 Å². The standard InChI is InChI=1S/C16H21N3/c1-12-11-16(14-5-2-3-6-15(14)19-12)18-10-4-9-17-13-7-8-13/h2-3,5-6,11,13,17H,4,7-10H2,1H3,(H,18,19). The van der Waals surface area contributed by atoms with Crippen LogP contribution in [-0.4, -0.2) is 24.1 Å². The molecule has 19 heavy (non-hydrogen) atoms. The molecule has 1 fully saturated rings. The van der Waals surface area contributed by atoms with Gasteiger partial charge >= 0.3 is 0 Å². The van der Waals surface area contributed by atoms with Crippen LogP contribution in [-0.2, 0) is 0 Å². The number of nitrogens with one attached hydrogen (secondary N) is 2. The lowest BCUT2D eigenvalue weighted by molar-refractivity contribution is 0.659. The Morgan fingerprint density at radius 3 is 2.89 bits per heavy atom. The van der Waals surface area contributed by atoms with Crippen LogP contribution in [0.3, 0.4) is 0 Å². The van der Waals surface area contributed by atoms with E-state index in [9.17, 15) is 0 Å². The van der Waals surface area contributed by atoms with Crippen molar-refractivity contribution in [1.82, 2.24) is 10.3 Å². The normalized spacial score (nSPS) is 14.8. The number of hydrogen-bond acceptors (Lipinski definition) is 3. The van der Waals surface area contributed by atoms with Crippen LogP contribution < -0.4 is 10.6 Å². The van der Waals surface area contributed by atoms with Gasteiger partial charge < -0.3 is 10.6 Å². The van der Waals surface area contributed by atoms with Crippen molar-refractivity contribution >= 4 is 16.6 Å². The predicted molar refractivity (Wildman–Crippen MR) is 80.6 cm³/mol. The van der Waals surface area contributed by atoms with E-state index in [0.717, 1.165) is 36.8 Å². The Morgan fingerprint density at radius 2 is 2.05 bits per heavy atom. The Labute approximate surface area is 114 Å². The lowest BCUT2D eigenvalue weighted by atomic mass is 10.1. The third-order valence-electron chi connectivity index (χ3n) is 3.52. The molecule has 1 heterocycles. The summed E-state index contributed by atoms with van der Waals surface area (Å²) in [6.07, 6.45) is 3.88. The molecule has 1 aliphatic carbocycles. The first-order valence-corrected chi connectivity index (χ1v) is 7.16. The monoisotopic (exact) mass is 255 g/mol. The van der Waals surface area contributed by atoms with E-state index in [2.05, 4.69) is 39.9 Å². The number of anilines is 1. The maximum absolute atomic E-state index is 4.56. The van der Waals surface area contributed by atoms with Crippen LogP contribution in [0.2, 0.25) is 0 Å². The van der Waals surface area contributed by atoms with E-state index >= 15 is 0 Å². The average Bonchev–Trinajstić information content (AvgIpc) is 3.22. The van der Waals surface area contributed by atoms with Crippen LogP contribution in [0.5, 0.6) is 0 Å². The van der Waals surface area contributed by atoms with Crippen molar-refractivity contribution in [1.29, 1.82) is 0 Å². The molecule has 2 aromatic rings. The molecule has 0 unspecified atom stereocenters. The molecule has 0 bridgehead atoms. The quantitative estimate of drug-likeness (QED) is 0.779. The van der Waals surface area contributed by atoms with Gasteiger partial charge in [0.2, 0.25) is 0 Å². The van der Waals surface area contributed by atoms with E-state index < -0.39 is 0 Å². The maximum atomic E-state index is 4.56. The van der Waals surface area contributed by atoms with Crippen LogP contribution >= 0.6 is 0 Å². The third kappa shape index (κ3) is 3.24. The molecular weight excluding hydrogens is 234 g/mol. The van der Waals surface area contributed by atoms with E-state index in [1.807, 2.05) is 13.0 Å². The highest BCUT2D eigenvalue weighted by Gasteiger charge is 2.19. The second-order valence-corrected chi connectivity index (χ2v) is 5.34. The van der Waals surface area contributed by atoms with E-state index in [1.165, 1.54) is 23.9 Å². The molecule has 0 radical (unpaired) electrons. The first-order valence-electron chi connectivity index (χ1n) is 7.16. The minimum absolute atomic E-state index is 0.809. The van der Waals surface area contributed by atoms with Crippen molar-refractivity contribution in [2.45, 2.75) is 32.2 Å². The van der Waals surface area contributed by atoms with Gasteiger partial charge in [0.25, 0.3) is 0 Å². The third-order valence-corrected chi connectivity index (χ3v) is 3.52. The van der Waals surface area contributed by atoms with E-state index in [-0.39, 0.29) is 0 Å². The van der Waals surface area contributed by atoms with Gasteiger partial charge in [-0.2, -0.15) is 0 Å². The molecule has 3 nitrogen and oxygen atoms in total. The maximum Gasteiger partial charge on any atom is 0.0725 e. The van der Waals surface area contributed by atoms with Gasteiger partial charge in [-0.3, -0.25) is 4.98 Å². The lowest BCUT2D eigenvalue weighted by Gasteiger charge is -2.11. The number of aromatic nitrogens is 1. The molecule has 1 saturated carbocycles. The van der Waals surface area contributed by atoms with Crippen LogP contribution in [0.25, 0.3) is 10.9 Å². The fraction of sp³-hybridized carbons (Fsp3) is 0.438. The van der Waals surface area contributed by atoms with Crippen molar-refractivity contribution in [3.8, 4) is 0 Å². The van der Waals surface area contributed by atoms with Crippen molar-refractivity contribution in [3.05, 3.63) is 36.0 Å². The zero-order valence-electron chi connectivity index (χ0n) is 11.4. The van der Waals surface area contributed by atoms with Gasteiger partial charge in [0.05, 0.1) is 5.52 Å². The topological polar surface area (TPSA) is 37.0 Å². The number of nitrogens with zero attached hydrogens (tertiary/aromatic N) is 1. The van der Waals surface area contributed by atoms with Crippen LogP contribution in [0.1, 0.15) is 25.0 Å². The van der Waals surface area contributed by atoms with Crippen molar-refractivity contribution in [2.75, 3.05) is 18.4 Å². The summed E-state index contributed by atoms with van der Waals surface area (Å²) < 4.78 is 0. The largest absolute Gasteiger partial charge is 0.384 e. The zero-order chi connectivity index (χ0) is 13.1. The number of fused-ring (bicyclic) bond motifs is 1. The molecule has 100 valence electrons. The molecular formula is C16H21N3. The summed E-state index contributed by atoms with van der Waals surface area (Å²) in [7, 11) is 0. The van der Waals surface area contributed by atoms with Crippen molar-refractivity contribution < 1.29 is 0 Å². The molecule has 2 N–H and O–H groups in total. The molecule has 1 aliphatic rings. The van der Waals surface area contributed by atoms with E-state index in [4.69, 9.17) is 0 Å². The Morgan fingerprint density at radius 1 is 1.21 bits per heavy atom. The van der Waals surface area contributed by atoms with Gasteiger partial charge in [-0.25, -0.2) is 0 Å². The van der Waals surface area contributed by atoms with Gasteiger partial charge in [-0.15, -0.1) is 0 Å². The summed E-state index contributed by atoms with van der Waals surface area (Å²) in [5, 5.41) is 8.29. The number of pyridine rings is 1. The van der Waals surface area contributed by atoms with Crippen LogP contribution in [0.15, 0.2) is 30.3 Å². The Balaban J connectivity index is 1.62. The first-order chi connectivity index (χ1) is 9.33. The summed E-state index contributed by atoms with van der Waals surface area (Å²) >= 11 is 0. The molecule has 1 aromatic heterocycles. The molecule has 0 aliphatic heterocycles. The van der Waals surface area contributed by atoms with Gasteiger partial charge in [-0.05, 0) is 44.9 Å². The summed E-state index contributed by atoms with van der Waals surface area (Å²) in [4.78, 5) is 4.56. The minimum Gasteiger partial charge on any atom is -0.384 e. The Hall–Kier alpha value is -1.61. The number of aryl methyl sites for hydroxylation is 1. The summed E-state index contributed by atoms with van der Waals surface area (Å²) in [6.45, 7) is 4.17. The van der Waals surface area contributed by atoms with Gasteiger partial charge in [0.15, 0.2) is 0 Å². The highest BCUT2D eigenvalue weighted by molar-refractivity contribution is 5.91. The van der Waals surface area contributed by atoms with Crippen molar-refractivity contribution in [3.63, 3.8) is 0 Å². The second-order valence-electron chi connectivity index (χ2n) is 5.34. The fourth-order valence-electron chi connectivity index (χ4n) is 2.36. The Bertz CT molecular complexity index is 561. The predicted octanol–water partition coefficient (Wildman–Crippen LogP) is 3.10. The SMILES string of the molecule is Cc1cc(NCCCNC2CC2)c2ccccc2n1. The minimum atomic E-state index is 0.809. The number of hydrogen-bond donors (Lipinski definition) is 2. The lowest BCUT2D eigenvalue weighted by Crippen LogP contribution is -2.20.